The molecule has 3 rings (SSSR count). The van der Waals surface area contributed by atoms with Crippen molar-refractivity contribution in [1.82, 2.24) is 5.32 Å². The summed E-state index contributed by atoms with van der Waals surface area (Å²) in [5.74, 6) is 1.47. The summed E-state index contributed by atoms with van der Waals surface area (Å²) in [6, 6.07) is 3.56. The van der Waals surface area contributed by atoms with Gasteiger partial charge in [0.15, 0.2) is 6.61 Å². The fourth-order valence-electron chi connectivity index (χ4n) is 4.17. The molecular weight excluding hydrogens is 362 g/mol. The molecule has 1 N–H and O–H groups in total. The first-order valence-corrected chi connectivity index (χ1v) is 10.6. The van der Waals surface area contributed by atoms with Crippen molar-refractivity contribution >= 4 is 29.0 Å². The quantitative estimate of drug-likeness (QED) is 0.564. The van der Waals surface area contributed by atoms with Crippen molar-refractivity contribution in [3.05, 3.63) is 21.9 Å². The SMILES string of the molecule is CC(C)(C)C(=O)NCc1ccc(C(=O)COC(=O)C[C@H]2C[C@H]3CC[C@@H]2C3)s1. The van der Waals surface area contributed by atoms with E-state index in [2.05, 4.69) is 5.32 Å². The zero-order chi connectivity index (χ0) is 19.6. The van der Waals surface area contributed by atoms with Gasteiger partial charge in [-0.15, -0.1) is 11.3 Å². The average Bonchev–Trinajstić information content (AvgIpc) is 3.33. The molecule has 1 aromatic rings. The number of ether oxygens (including phenoxy) is 1. The third-order valence-corrected chi connectivity index (χ3v) is 6.84. The van der Waals surface area contributed by atoms with Gasteiger partial charge in [0.1, 0.15) is 0 Å². The van der Waals surface area contributed by atoms with Crippen LogP contribution in [0.2, 0.25) is 0 Å². The van der Waals surface area contributed by atoms with Gasteiger partial charge in [0, 0.05) is 16.7 Å². The summed E-state index contributed by atoms with van der Waals surface area (Å²) in [4.78, 5) is 37.7. The number of thiophene rings is 1. The monoisotopic (exact) mass is 391 g/mol. The number of Topliss-reactive ketones (excluding diaryl/α,β-unsaturated/α-hetero) is 1. The topological polar surface area (TPSA) is 72.5 Å². The zero-order valence-electron chi connectivity index (χ0n) is 16.4. The van der Waals surface area contributed by atoms with Gasteiger partial charge in [-0.1, -0.05) is 27.2 Å². The van der Waals surface area contributed by atoms with E-state index in [1.165, 1.54) is 30.6 Å². The van der Waals surface area contributed by atoms with E-state index < -0.39 is 5.41 Å². The van der Waals surface area contributed by atoms with E-state index in [1.807, 2.05) is 26.8 Å². The van der Waals surface area contributed by atoms with Crippen LogP contribution in [-0.4, -0.2) is 24.3 Å². The molecule has 2 aliphatic carbocycles. The smallest absolute Gasteiger partial charge is 0.306 e. The summed E-state index contributed by atoms with van der Waals surface area (Å²) in [6.45, 7) is 5.77. The molecule has 1 amide bonds. The Bertz CT molecular complexity index is 718. The van der Waals surface area contributed by atoms with Crippen LogP contribution in [0.15, 0.2) is 12.1 Å². The van der Waals surface area contributed by atoms with Crippen LogP contribution in [0.5, 0.6) is 0 Å². The molecule has 2 bridgehead atoms. The van der Waals surface area contributed by atoms with Gasteiger partial charge in [0.25, 0.3) is 0 Å². The maximum absolute atomic E-state index is 12.3. The normalized spacial score (nSPS) is 24.0. The molecule has 2 saturated carbocycles. The zero-order valence-corrected chi connectivity index (χ0v) is 17.2. The Morgan fingerprint density at radius 3 is 2.59 bits per heavy atom. The summed E-state index contributed by atoms with van der Waals surface area (Å²) < 4.78 is 5.23. The van der Waals surface area contributed by atoms with Gasteiger partial charge < -0.3 is 10.1 Å². The number of carbonyl (C=O) groups is 3. The Balaban J connectivity index is 1.41. The maximum Gasteiger partial charge on any atom is 0.306 e. The molecule has 0 aliphatic heterocycles. The second kappa shape index (κ2) is 8.13. The number of fused-ring (bicyclic) bond motifs is 2. The minimum atomic E-state index is -0.442. The second-order valence-corrected chi connectivity index (χ2v) is 10.1. The third-order valence-electron chi connectivity index (χ3n) is 5.72. The van der Waals surface area contributed by atoms with Crippen molar-refractivity contribution in [3.63, 3.8) is 0 Å². The highest BCUT2D eigenvalue weighted by Crippen LogP contribution is 2.49. The van der Waals surface area contributed by atoms with Crippen LogP contribution in [0.1, 0.15) is 67.4 Å². The van der Waals surface area contributed by atoms with E-state index in [-0.39, 0.29) is 24.3 Å². The Morgan fingerprint density at radius 2 is 1.96 bits per heavy atom. The predicted octanol–water partition coefficient (Wildman–Crippen LogP) is 3.96. The fraction of sp³-hybridized carbons (Fsp3) is 0.667. The highest BCUT2D eigenvalue weighted by Gasteiger charge is 2.40. The first kappa shape index (κ1) is 20.1. The molecule has 1 aromatic heterocycles. The molecule has 2 fully saturated rings. The molecule has 0 unspecified atom stereocenters. The lowest BCUT2D eigenvalue weighted by atomic mass is 9.86. The molecule has 5 nitrogen and oxygen atoms in total. The Labute approximate surface area is 164 Å². The van der Waals surface area contributed by atoms with E-state index in [1.54, 1.807) is 6.07 Å². The maximum atomic E-state index is 12.3. The van der Waals surface area contributed by atoms with Gasteiger partial charge in [-0.3, -0.25) is 14.4 Å². The van der Waals surface area contributed by atoms with Crippen molar-refractivity contribution in [2.24, 2.45) is 23.2 Å². The third kappa shape index (κ3) is 5.18. The van der Waals surface area contributed by atoms with Crippen molar-refractivity contribution in [1.29, 1.82) is 0 Å². The number of ketones is 1. The largest absolute Gasteiger partial charge is 0.457 e. The summed E-state index contributed by atoms with van der Waals surface area (Å²) in [5.41, 5.74) is -0.442. The number of esters is 1. The first-order chi connectivity index (χ1) is 12.7. The van der Waals surface area contributed by atoms with Crippen molar-refractivity contribution in [2.45, 2.75) is 59.4 Å². The lowest BCUT2D eigenvalue weighted by Crippen LogP contribution is -2.34. The van der Waals surface area contributed by atoms with Crippen LogP contribution >= 0.6 is 11.3 Å². The van der Waals surface area contributed by atoms with Gasteiger partial charge in [-0.25, -0.2) is 0 Å². The van der Waals surface area contributed by atoms with Crippen molar-refractivity contribution < 1.29 is 19.1 Å². The van der Waals surface area contributed by atoms with E-state index in [9.17, 15) is 14.4 Å². The summed E-state index contributed by atoms with van der Waals surface area (Å²) in [7, 11) is 0. The van der Waals surface area contributed by atoms with Gasteiger partial charge in [0.2, 0.25) is 11.7 Å². The van der Waals surface area contributed by atoms with Crippen molar-refractivity contribution in [3.8, 4) is 0 Å². The summed E-state index contributed by atoms with van der Waals surface area (Å²) in [6.07, 6.45) is 5.41. The molecule has 0 radical (unpaired) electrons. The van der Waals surface area contributed by atoms with E-state index in [4.69, 9.17) is 4.74 Å². The minimum absolute atomic E-state index is 0.0293. The van der Waals surface area contributed by atoms with Crippen LogP contribution in [0.3, 0.4) is 0 Å². The average molecular weight is 392 g/mol. The number of hydrogen-bond donors (Lipinski definition) is 1. The van der Waals surface area contributed by atoms with Crippen LogP contribution in [0, 0.1) is 23.2 Å². The molecule has 148 valence electrons. The molecule has 0 saturated heterocycles. The van der Waals surface area contributed by atoms with Crippen LogP contribution < -0.4 is 5.32 Å². The Hall–Kier alpha value is -1.69. The molecule has 0 aromatic carbocycles. The Kier molecular flexibility index (Phi) is 6.04. The lowest BCUT2D eigenvalue weighted by molar-refractivity contribution is -0.144. The number of carbonyl (C=O) groups excluding carboxylic acids is 3. The van der Waals surface area contributed by atoms with Gasteiger partial charge >= 0.3 is 5.97 Å². The molecular formula is C21H29NO4S. The number of amides is 1. The predicted molar refractivity (Wildman–Crippen MR) is 104 cm³/mol. The lowest BCUT2D eigenvalue weighted by Gasteiger charge is -2.20. The van der Waals surface area contributed by atoms with Gasteiger partial charge in [-0.05, 0) is 49.1 Å². The minimum Gasteiger partial charge on any atom is -0.457 e. The van der Waals surface area contributed by atoms with E-state index >= 15 is 0 Å². The number of rotatable bonds is 7. The molecule has 6 heteroatoms. The number of hydrogen-bond acceptors (Lipinski definition) is 5. The standard InChI is InChI=1S/C21H29NO4S/c1-21(2,3)20(25)22-11-16-6-7-18(27-16)17(23)12-26-19(24)10-15-9-13-4-5-14(15)8-13/h6-7,13-15H,4-5,8-12H2,1-3H3,(H,22,25)/t13-,14+,15+/m0/s1. The van der Waals surface area contributed by atoms with Crippen LogP contribution in [-0.2, 0) is 20.9 Å². The summed E-state index contributed by atoms with van der Waals surface area (Å²) in [5, 5.41) is 2.87. The fourth-order valence-corrected chi connectivity index (χ4v) is 5.04. The van der Waals surface area contributed by atoms with Gasteiger partial charge in [-0.2, -0.15) is 0 Å². The second-order valence-electron chi connectivity index (χ2n) is 8.92. The molecule has 2 aliphatic rings. The highest BCUT2D eigenvalue weighted by atomic mass is 32.1. The highest BCUT2D eigenvalue weighted by molar-refractivity contribution is 7.14. The molecule has 27 heavy (non-hydrogen) atoms. The van der Waals surface area contributed by atoms with Crippen LogP contribution in [0.25, 0.3) is 0 Å². The van der Waals surface area contributed by atoms with E-state index in [0.29, 0.717) is 29.7 Å². The first-order valence-electron chi connectivity index (χ1n) is 9.78. The molecule has 3 atom stereocenters. The van der Waals surface area contributed by atoms with Gasteiger partial charge in [0.05, 0.1) is 11.4 Å². The van der Waals surface area contributed by atoms with E-state index in [0.717, 1.165) is 17.2 Å². The van der Waals surface area contributed by atoms with Crippen LogP contribution in [0.4, 0.5) is 0 Å². The molecule has 1 heterocycles. The number of nitrogens with one attached hydrogen (secondary N) is 1. The molecule has 0 spiro atoms. The summed E-state index contributed by atoms with van der Waals surface area (Å²) >= 11 is 1.33. The van der Waals surface area contributed by atoms with Crippen molar-refractivity contribution in [2.75, 3.05) is 6.61 Å². The Morgan fingerprint density at radius 1 is 1.19 bits per heavy atom.